The summed E-state index contributed by atoms with van der Waals surface area (Å²) < 4.78 is 7.27. The van der Waals surface area contributed by atoms with Gasteiger partial charge in [0.2, 0.25) is 5.88 Å². The van der Waals surface area contributed by atoms with E-state index in [0.29, 0.717) is 18.2 Å². The van der Waals surface area contributed by atoms with E-state index in [0.717, 1.165) is 17.8 Å². The largest absolute Gasteiger partial charge is 0.476 e. The average Bonchev–Trinajstić information content (AvgIpc) is 2.76. The summed E-state index contributed by atoms with van der Waals surface area (Å²) in [6.07, 6.45) is 2.36. The molecular formula is C17H25N5O2. The topological polar surface area (TPSA) is 81.1 Å². The first-order valence-corrected chi connectivity index (χ1v) is 8.06. The number of urea groups is 1. The van der Waals surface area contributed by atoms with Gasteiger partial charge in [-0.2, -0.15) is 5.10 Å². The highest BCUT2D eigenvalue weighted by atomic mass is 16.5. The first-order chi connectivity index (χ1) is 11.4. The Morgan fingerprint density at radius 3 is 2.79 bits per heavy atom. The van der Waals surface area contributed by atoms with Crippen LogP contribution in [-0.4, -0.2) is 33.4 Å². The van der Waals surface area contributed by atoms with Gasteiger partial charge in [-0.3, -0.25) is 4.68 Å². The minimum absolute atomic E-state index is 0.0289. The Morgan fingerprint density at radius 1 is 1.42 bits per heavy atom. The molecule has 0 unspecified atom stereocenters. The summed E-state index contributed by atoms with van der Waals surface area (Å²) in [7, 11) is 1.92. The van der Waals surface area contributed by atoms with E-state index in [4.69, 9.17) is 4.74 Å². The number of amides is 2. The number of rotatable bonds is 6. The van der Waals surface area contributed by atoms with E-state index in [2.05, 4.69) is 20.7 Å². The third kappa shape index (κ3) is 4.24. The summed E-state index contributed by atoms with van der Waals surface area (Å²) in [6.45, 7) is 8.35. The number of hydrogen-bond acceptors (Lipinski definition) is 4. The molecule has 130 valence electrons. The second-order valence-electron chi connectivity index (χ2n) is 5.77. The van der Waals surface area contributed by atoms with Crippen molar-refractivity contribution in [3.8, 4) is 5.88 Å². The highest BCUT2D eigenvalue weighted by Gasteiger charge is 2.15. The average molecular weight is 331 g/mol. The summed E-state index contributed by atoms with van der Waals surface area (Å²) >= 11 is 0. The Morgan fingerprint density at radius 2 is 2.17 bits per heavy atom. The molecule has 1 atom stereocenters. The number of nitrogens with zero attached hydrogens (tertiary/aromatic N) is 3. The minimum atomic E-state index is -0.282. The van der Waals surface area contributed by atoms with Crippen molar-refractivity contribution in [2.24, 2.45) is 7.05 Å². The fraction of sp³-hybridized carbons (Fsp3) is 0.471. The van der Waals surface area contributed by atoms with Gasteiger partial charge in [0.05, 0.1) is 12.3 Å². The molecule has 0 aromatic carbocycles. The van der Waals surface area contributed by atoms with Crippen LogP contribution < -0.4 is 15.4 Å². The lowest BCUT2D eigenvalue weighted by atomic mass is 10.1. The zero-order valence-corrected chi connectivity index (χ0v) is 14.9. The Hall–Kier alpha value is -2.57. The number of hydrogen-bond donors (Lipinski definition) is 2. The summed E-state index contributed by atoms with van der Waals surface area (Å²) in [6, 6.07) is 3.20. The van der Waals surface area contributed by atoms with Crippen molar-refractivity contribution in [2.45, 2.75) is 40.2 Å². The lowest BCUT2D eigenvalue weighted by Gasteiger charge is -2.16. The maximum Gasteiger partial charge on any atom is 0.319 e. The molecule has 7 heteroatoms. The Bertz CT molecular complexity index is 711. The van der Waals surface area contributed by atoms with Crippen LogP contribution in [0.1, 0.15) is 30.8 Å². The van der Waals surface area contributed by atoms with Crippen molar-refractivity contribution in [3.63, 3.8) is 0 Å². The zero-order valence-electron chi connectivity index (χ0n) is 14.9. The monoisotopic (exact) mass is 331 g/mol. The number of aromatic nitrogens is 3. The molecule has 2 heterocycles. The van der Waals surface area contributed by atoms with Gasteiger partial charge in [0, 0.05) is 25.0 Å². The first kappa shape index (κ1) is 17.8. The number of carbonyl (C=O) groups is 1. The number of aryl methyl sites for hydroxylation is 2. The van der Waals surface area contributed by atoms with Gasteiger partial charge in [0.15, 0.2) is 0 Å². The van der Waals surface area contributed by atoms with Crippen LogP contribution in [0.3, 0.4) is 0 Å². The van der Waals surface area contributed by atoms with Gasteiger partial charge in [-0.05, 0) is 51.8 Å². The standard InChI is InChI=1S/C17H25N5O2/c1-6-24-16-15(8-7-9-18-16)20-17(23)19-11(2)10-14-12(3)21-22(5)13(14)4/h7-9,11H,6,10H2,1-5H3,(H2,19,20,23)/t11-/m0/s1. The van der Waals surface area contributed by atoms with Crippen molar-refractivity contribution in [1.82, 2.24) is 20.1 Å². The van der Waals surface area contributed by atoms with Crippen LogP contribution in [0.4, 0.5) is 10.5 Å². The molecule has 7 nitrogen and oxygen atoms in total. The maximum absolute atomic E-state index is 12.2. The quantitative estimate of drug-likeness (QED) is 0.852. The lowest BCUT2D eigenvalue weighted by Crippen LogP contribution is -2.37. The van der Waals surface area contributed by atoms with Crippen molar-refractivity contribution >= 4 is 11.7 Å². The Balaban J connectivity index is 1.97. The molecular weight excluding hydrogens is 306 g/mol. The number of anilines is 1. The molecule has 0 bridgehead atoms. The third-order valence-electron chi connectivity index (χ3n) is 3.85. The molecule has 0 saturated carbocycles. The van der Waals surface area contributed by atoms with Gasteiger partial charge >= 0.3 is 6.03 Å². The van der Waals surface area contributed by atoms with Crippen molar-refractivity contribution in [2.75, 3.05) is 11.9 Å². The second kappa shape index (κ2) is 7.81. The van der Waals surface area contributed by atoms with Crippen molar-refractivity contribution in [3.05, 3.63) is 35.3 Å². The van der Waals surface area contributed by atoms with Gasteiger partial charge in [-0.1, -0.05) is 0 Å². The zero-order chi connectivity index (χ0) is 17.7. The van der Waals surface area contributed by atoms with E-state index in [1.54, 1.807) is 18.3 Å². The van der Waals surface area contributed by atoms with Crippen LogP contribution in [0.5, 0.6) is 5.88 Å². The van der Waals surface area contributed by atoms with Crippen LogP contribution in [0.2, 0.25) is 0 Å². The molecule has 2 aromatic rings. The van der Waals surface area contributed by atoms with Gasteiger partial charge in [-0.25, -0.2) is 9.78 Å². The van der Waals surface area contributed by atoms with E-state index in [-0.39, 0.29) is 12.1 Å². The fourth-order valence-electron chi connectivity index (χ4n) is 2.59. The van der Waals surface area contributed by atoms with Gasteiger partial charge in [0.25, 0.3) is 0 Å². The molecule has 2 rings (SSSR count). The predicted octanol–water partition coefficient (Wildman–Crippen LogP) is 2.58. The number of ether oxygens (including phenoxy) is 1. The van der Waals surface area contributed by atoms with Gasteiger partial charge in [0.1, 0.15) is 5.69 Å². The molecule has 2 aromatic heterocycles. The predicted molar refractivity (Wildman–Crippen MR) is 93.4 cm³/mol. The molecule has 0 fully saturated rings. The number of carbonyl (C=O) groups excluding carboxylic acids is 1. The van der Waals surface area contributed by atoms with Gasteiger partial charge in [-0.15, -0.1) is 0 Å². The summed E-state index contributed by atoms with van der Waals surface area (Å²) in [5.74, 6) is 0.418. The SMILES string of the molecule is CCOc1ncccc1NC(=O)N[C@@H](C)Cc1c(C)nn(C)c1C. The normalized spacial score (nSPS) is 11.9. The summed E-state index contributed by atoms with van der Waals surface area (Å²) in [5.41, 5.74) is 3.84. The maximum atomic E-state index is 12.2. The summed E-state index contributed by atoms with van der Waals surface area (Å²) in [4.78, 5) is 16.3. The van der Waals surface area contributed by atoms with E-state index < -0.39 is 0 Å². The third-order valence-corrected chi connectivity index (χ3v) is 3.85. The van der Waals surface area contributed by atoms with E-state index >= 15 is 0 Å². The molecule has 0 aliphatic heterocycles. The number of nitrogens with one attached hydrogen (secondary N) is 2. The summed E-state index contributed by atoms with van der Waals surface area (Å²) in [5, 5.41) is 10.1. The minimum Gasteiger partial charge on any atom is -0.476 e. The smallest absolute Gasteiger partial charge is 0.319 e. The van der Waals surface area contributed by atoms with Crippen LogP contribution in [0.15, 0.2) is 18.3 Å². The van der Waals surface area contributed by atoms with E-state index in [1.165, 1.54) is 5.56 Å². The van der Waals surface area contributed by atoms with Crippen LogP contribution >= 0.6 is 0 Å². The van der Waals surface area contributed by atoms with Crippen molar-refractivity contribution < 1.29 is 9.53 Å². The van der Waals surface area contributed by atoms with Crippen LogP contribution in [-0.2, 0) is 13.5 Å². The lowest BCUT2D eigenvalue weighted by molar-refractivity contribution is 0.249. The molecule has 24 heavy (non-hydrogen) atoms. The molecule has 2 N–H and O–H groups in total. The molecule has 0 radical (unpaired) electrons. The number of pyridine rings is 1. The molecule has 2 amide bonds. The molecule has 0 aliphatic carbocycles. The Kier molecular flexibility index (Phi) is 5.78. The molecule has 0 aliphatic rings. The first-order valence-electron chi connectivity index (χ1n) is 8.06. The Labute approximate surface area is 142 Å². The second-order valence-corrected chi connectivity index (χ2v) is 5.77. The van der Waals surface area contributed by atoms with E-state index in [9.17, 15) is 4.79 Å². The van der Waals surface area contributed by atoms with E-state index in [1.807, 2.05) is 39.4 Å². The van der Waals surface area contributed by atoms with Crippen LogP contribution in [0, 0.1) is 13.8 Å². The van der Waals surface area contributed by atoms with Crippen molar-refractivity contribution in [1.29, 1.82) is 0 Å². The highest BCUT2D eigenvalue weighted by molar-refractivity contribution is 5.90. The highest BCUT2D eigenvalue weighted by Crippen LogP contribution is 2.20. The molecule has 0 saturated heterocycles. The molecule has 0 spiro atoms. The fourth-order valence-corrected chi connectivity index (χ4v) is 2.59. The van der Waals surface area contributed by atoms with Gasteiger partial charge < -0.3 is 15.4 Å². The van der Waals surface area contributed by atoms with Crippen LogP contribution in [0.25, 0.3) is 0 Å².